The van der Waals surface area contributed by atoms with Gasteiger partial charge < -0.3 is 5.32 Å². The molecule has 2 rings (SSSR count). The molecule has 96 valence electrons. The lowest BCUT2D eigenvalue weighted by atomic mass is 9.75. The van der Waals surface area contributed by atoms with Crippen molar-refractivity contribution in [3.05, 3.63) is 29.6 Å². The summed E-state index contributed by atoms with van der Waals surface area (Å²) in [5.41, 5.74) is 2.16. The van der Waals surface area contributed by atoms with E-state index in [9.17, 15) is 0 Å². The first-order valence-electron chi connectivity index (χ1n) is 6.67. The molecule has 1 saturated carbocycles. The molecule has 0 amide bonds. The summed E-state index contributed by atoms with van der Waals surface area (Å²) < 4.78 is 0. The van der Waals surface area contributed by atoms with Gasteiger partial charge in [-0.1, -0.05) is 13.8 Å². The molecule has 1 aromatic rings. The number of nitriles is 1. The summed E-state index contributed by atoms with van der Waals surface area (Å²) in [5, 5.41) is 12.4. The largest absolute Gasteiger partial charge is 0.310 e. The van der Waals surface area contributed by atoms with Crippen molar-refractivity contribution in [3.8, 4) is 6.07 Å². The fraction of sp³-hybridized carbons (Fsp3) is 0.600. The van der Waals surface area contributed by atoms with Crippen LogP contribution in [0.15, 0.2) is 18.3 Å². The van der Waals surface area contributed by atoms with Gasteiger partial charge in [0, 0.05) is 18.8 Å². The Balaban J connectivity index is 1.83. The summed E-state index contributed by atoms with van der Waals surface area (Å²) >= 11 is 0. The minimum Gasteiger partial charge on any atom is -0.310 e. The van der Waals surface area contributed by atoms with Gasteiger partial charge in [0.2, 0.25) is 0 Å². The van der Waals surface area contributed by atoms with Crippen LogP contribution in [0.4, 0.5) is 0 Å². The fourth-order valence-electron chi connectivity index (χ4n) is 2.51. The van der Waals surface area contributed by atoms with E-state index in [0.29, 0.717) is 17.2 Å². The summed E-state index contributed by atoms with van der Waals surface area (Å²) in [6.45, 7) is 5.54. The number of nitrogens with zero attached hydrogens (tertiary/aromatic N) is 2. The molecule has 1 N–H and O–H groups in total. The Morgan fingerprint density at radius 3 is 2.83 bits per heavy atom. The van der Waals surface area contributed by atoms with E-state index in [2.05, 4.69) is 30.2 Å². The highest BCUT2D eigenvalue weighted by Gasteiger charge is 2.26. The first-order chi connectivity index (χ1) is 8.59. The molecule has 3 heteroatoms. The van der Waals surface area contributed by atoms with Gasteiger partial charge in [0.15, 0.2) is 0 Å². The third-order valence-electron chi connectivity index (χ3n) is 3.87. The molecule has 0 bridgehead atoms. The molecule has 0 atom stereocenters. The molecular formula is C15H21N3. The van der Waals surface area contributed by atoms with Crippen molar-refractivity contribution in [3.63, 3.8) is 0 Å². The SMILES string of the molecule is CC1(C)CCC(NCc2ccnc(C#N)c2)CC1. The molecule has 18 heavy (non-hydrogen) atoms. The summed E-state index contributed by atoms with van der Waals surface area (Å²) in [5.74, 6) is 0. The van der Waals surface area contributed by atoms with E-state index in [1.54, 1.807) is 6.20 Å². The Labute approximate surface area is 109 Å². The number of rotatable bonds is 3. The zero-order chi connectivity index (χ0) is 13.0. The van der Waals surface area contributed by atoms with Gasteiger partial charge in [-0.15, -0.1) is 0 Å². The maximum Gasteiger partial charge on any atom is 0.140 e. The van der Waals surface area contributed by atoms with Crippen LogP contribution in [0.2, 0.25) is 0 Å². The topological polar surface area (TPSA) is 48.7 Å². The number of hydrogen-bond donors (Lipinski definition) is 1. The lowest BCUT2D eigenvalue weighted by molar-refractivity contribution is 0.206. The predicted molar refractivity (Wildman–Crippen MR) is 71.8 cm³/mol. The standard InChI is InChI=1S/C15H21N3/c1-15(2)6-3-13(4-7-15)18-11-12-5-8-17-14(9-12)10-16/h5,8-9,13,18H,3-4,6-7,11H2,1-2H3. The molecule has 0 aromatic carbocycles. The summed E-state index contributed by atoms with van der Waals surface area (Å²) in [6, 6.07) is 6.53. The molecule has 1 aliphatic carbocycles. The highest BCUT2D eigenvalue weighted by atomic mass is 14.9. The van der Waals surface area contributed by atoms with Crippen molar-refractivity contribution in [1.82, 2.24) is 10.3 Å². The van der Waals surface area contributed by atoms with Crippen LogP contribution < -0.4 is 5.32 Å². The van der Waals surface area contributed by atoms with E-state index < -0.39 is 0 Å². The van der Waals surface area contributed by atoms with Crippen molar-refractivity contribution >= 4 is 0 Å². The normalized spacial score (nSPS) is 19.4. The zero-order valence-corrected chi connectivity index (χ0v) is 11.2. The predicted octanol–water partition coefficient (Wildman–Crippen LogP) is 3.01. The van der Waals surface area contributed by atoms with Gasteiger partial charge >= 0.3 is 0 Å². The highest BCUT2D eigenvalue weighted by Crippen LogP contribution is 2.35. The second-order valence-corrected chi connectivity index (χ2v) is 5.98. The van der Waals surface area contributed by atoms with E-state index in [1.807, 2.05) is 12.1 Å². The van der Waals surface area contributed by atoms with Crippen LogP contribution in [-0.4, -0.2) is 11.0 Å². The average molecular weight is 243 g/mol. The Bertz CT molecular complexity index is 435. The summed E-state index contributed by atoms with van der Waals surface area (Å²) in [6.07, 6.45) is 6.81. The third kappa shape index (κ3) is 3.54. The van der Waals surface area contributed by atoms with Gasteiger partial charge in [0.05, 0.1) is 0 Å². The van der Waals surface area contributed by atoms with Crippen LogP contribution in [0.1, 0.15) is 50.8 Å². The van der Waals surface area contributed by atoms with Crippen LogP contribution >= 0.6 is 0 Å². The molecule has 0 spiro atoms. The van der Waals surface area contributed by atoms with E-state index in [4.69, 9.17) is 5.26 Å². The number of nitrogens with one attached hydrogen (secondary N) is 1. The van der Waals surface area contributed by atoms with Gasteiger partial charge in [0.25, 0.3) is 0 Å². The summed E-state index contributed by atoms with van der Waals surface area (Å²) in [4.78, 5) is 3.98. The van der Waals surface area contributed by atoms with Gasteiger partial charge in [-0.25, -0.2) is 4.98 Å². The van der Waals surface area contributed by atoms with Crippen molar-refractivity contribution in [2.45, 2.75) is 52.1 Å². The zero-order valence-electron chi connectivity index (χ0n) is 11.2. The van der Waals surface area contributed by atoms with E-state index >= 15 is 0 Å². The van der Waals surface area contributed by atoms with Gasteiger partial charge in [0.1, 0.15) is 11.8 Å². The van der Waals surface area contributed by atoms with Crippen LogP contribution in [0, 0.1) is 16.7 Å². The van der Waals surface area contributed by atoms with Gasteiger partial charge in [-0.3, -0.25) is 0 Å². The number of pyridine rings is 1. The highest BCUT2D eigenvalue weighted by molar-refractivity contribution is 5.25. The maximum atomic E-state index is 8.80. The molecule has 3 nitrogen and oxygen atoms in total. The third-order valence-corrected chi connectivity index (χ3v) is 3.87. The van der Waals surface area contributed by atoms with E-state index in [0.717, 1.165) is 12.1 Å². The second kappa shape index (κ2) is 5.49. The van der Waals surface area contributed by atoms with Crippen LogP contribution in [0.3, 0.4) is 0 Å². The number of aromatic nitrogens is 1. The molecule has 0 radical (unpaired) electrons. The van der Waals surface area contributed by atoms with Gasteiger partial charge in [-0.2, -0.15) is 5.26 Å². The summed E-state index contributed by atoms with van der Waals surface area (Å²) in [7, 11) is 0. The Kier molecular flexibility index (Phi) is 3.98. The van der Waals surface area contributed by atoms with Crippen LogP contribution in [0.5, 0.6) is 0 Å². The molecule has 0 aliphatic heterocycles. The molecule has 0 saturated heterocycles. The van der Waals surface area contributed by atoms with Crippen LogP contribution in [0.25, 0.3) is 0 Å². The van der Waals surface area contributed by atoms with Gasteiger partial charge in [-0.05, 0) is 48.8 Å². The van der Waals surface area contributed by atoms with Crippen molar-refractivity contribution in [2.75, 3.05) is 0 Å². The van der Waals surface area contributed by atoms with Crippen molar-refractivity contribution in [1.29, 1.82) is 5.26 Å². The quantitative estimate of drug-likeness (QED) is 0.887. The minimum atomic E-state index is 0.499. The number of hydrogen-bond acceptors (Lipinski definition) is 3. The Hall–Kier alpha value is -1.40. The second-order valence-electron chi connectivity index (χ2n) is 5.98. The molecule has 1 aromatic heterocycles. The maximum absolute atomic E-state index is 8.80. The molecule has 0 unspecified atom stereocenters. The Morgan fingerprint density at radius 2 is 2.17 bits per heavy atom. The van der Waals surface area contributed by atoms with E-state index in [-0.39, 0.29) is 0 Å². The van der Waals surface area contributed by atoms with Crippen LogP contribution in [-0.2, 0) is 6.54 Å². The lowest BCUT2D eigenvalue weighted by Gasteiger charge is -2.34. The van der Waals surface area contributed by atoms with Crippen molar-refractivity contribution in [2.24, 2.45) is 5.41 Å². The molecular weight excluding hydrogens is 222 g/mol. The molecule has 1 heterocycles. The molecule has 1 fully saturated rings. The Morgan fingerprint density at radius 1 is 1.44 bits per heavy atom. The monoisotopic (exact) mass is 243 g/mol. The first-order valence-corrected chi connectivity index (χ1v) is 6.67. The lowest BCUT2D eigenvalue weighted by Crippen LogP contribution is -2.35. The van der Waals surface area contributed by atoms with E-state index in [1.165, 1.54) is 25.7 Å². The average Bonchev–Trinajstić information content (AvgIpc) is 2.38. The molecule has 1 aliphatic rings. The fourth-order valence-corrected chi connectivity index (χ4v) is 2.51. The smallest absolute Gasteiger partial charge is 0.140 e. The first kappa shape index (κ1) is 13.0. The van der Waals surface area contributed by atoms with Crippen molar-refractivity contribution < 1.29 is 0 Å². The minimum absolute atomic E-state index is 0.499.